The van der Waals surface area contributed by atoms with Crippen molar-refractivity contribution in [3.8, 4) is 57.1 Å². The minimum atomic E-state index is -2.21. The summed E-state index contributed by atoms with van der Waals surface area (Å²) in [5.74, 6) is -17.3. The fourth-order valence-corrected chi connectivity index (χ4v) is 11.7. The number of hydrogen-bond donors (Lipinski definition) is 16. The predicted molar refractivity (Wildman–Crippen MR) is 320 cm³/mol. The molecule has 6 heterocycles. The molecule has 6 aliphatic heterocycles. The average Bonchev–Trinajstić information content (AvgIpc) is 0.779. The highest BCUT2D eigenvalue weighted by Crippen LogP contribution is 2.50. The second kappa shape index (κ2) is 28.0. The van der Waals surface area contributed by atoms with E-state index in [0.717, 1.165) is 61.5 Å². The third kappa shape index (κ3) is 14.3. The van der Waals surface area contributed by atoms with Crippen LogP contribution in [-0.2, 0) is 43.1 Å². The summed E-state index contributed by atoms with van der Waals surface area (Å²) in [4.78, 5) is 116. The molecule has 490 valence electrons. The number of carboxylic acid groups (broad SMARTS) is 1. The molecule has 5 unspecified atom stereocenters. The summed E-state index contributed by atoms with van der Waals surface area (Å²) in [6, 6.07) is 4.91. The Labute approximate surface area is 533 Å². The Hall–Kier alpha value is -8.68. The van der Waals surface area contributed by atoms with E-state index in [9.17, 15) is 75.0 Å². The molecular formula is C62H66Cl2N6O22. The maximum absolute atomic E-state index is 16.0. The first kappa shape index (κ1) is 67.7. The molecule has 14 atom stereocenters. The third-order valence-corrected chi connectivity index (χ3v) is 16.7. The van der Waals surface area contributed by atoms with Crippen molar-refractivity contribution >= 4 is 70.3 Å². The molecule has 30 heteroatoms. The first-order valence-electron chi connectivity index (χ1n) is 28.8. The summed E-state index contributed by atoms with van der Waals surface area (Å²) in [5.41, 5.74) is -2.27. The molecule has 28 nitrogen and oxygen atoms in total. The van der Waals surface area contributed by atoms with Crippen LogP contribution in [0.15, 0.2) is 78.9 Å². The number of ether oxygens (including phenoxy) is 4. The normalized spacial score (nSPS) is 26.2. The fourth-order valence-electron chi connectivity index (χ4n) is 11.3. The number of Topliss-reactive ketones (excluding diaryl/α,β-unsaturated/α-hetero) is 2. The van der Waals surface area contributed by atoms with Gasteiger partial charge in [0.2, 0.25) is 41.6 Å². The first-order chi connectivity index (χ1) is 43.6. The van der Waals surface area contributed by atoms with Gasteiger partial charge in [-0.25, -0.2) is 4.79 Å². The number of phenolic OH excluding ortho intramolecular Hbond substituents is 3. The van der Waals surface area contributed by atoms with E-state index in [2.05, 4.69) is 31.9 Å². The number of phenols is 3. The van der Waals surface area contributed by atoms with Crippen LogP contribution in [0.2, 0.25) is 10.0 Å². The minimum absolute atomic E-state index is 0.0506. The van der Waals surface area contributed by atoms with Gasteiger partial charge in [0.1, 0.15) is 83.5 Å². The number of ketones is 2. The molecule has 5 aromatic carbocycles. The number of likely N-dealkylation sites (N-methyl/N-ethyl adjacent to an activating group) is 1. The van der Waals surface area contributed by atoms with Gasteiger partial charge in [-0.2, -0.15) is 0 Å². The van der Waals surface area contributed by atoms with E-state index in [4.69, 9.17) is 42.1 Å². The van der Waals surface area contributed by atoms with Crippen molar-refractivity contribution < 1.29 is 108 Å². The number of aromatic hydroxyl groups is 3. The highest BCUT2D eigenvalue weighted by Gasteiger charge is 2.47. The van der Waals surface area contributed by atoms with Gasteiger partial charge in [-0.3, -0.25) is 33.6 Å². The van der Waals surface area contributed by atoms with Crippen molar-refractivity contribution in [3.63, 3.8) is 0 Å². The van der Waals surface area contributed by atoms with E-state index in [0.29, 0.717) is 0 Å². The molecule has 5 amide bonds. The van der Waals surface area contributed by atoms with Crippen LogP contribution in [-0.4, -0.2) is 167 Å². The van der Waals surface area contributed by atoms with Gasteiger partial charge in [0, 0.05) is 49.1 Å². The number of hydrogen-bond acceptors (Lipinski definition) is 22. The molecular weight excluding hydrogens is 1250 g/mol. The molecule has 5 aromatic rings. The van der Waals surface area contributed by atoms with E-state index in [1.165, 1.54) is 31.3 Å². The maximum atomic E-state index is 16.0. The Morgan fingerprint density at radius 1 is 0.696 bits per heavy atom. The van der Waals surface area contributed by atoms with Gasteiger partial charge in [-0.15, -0.1) is 0 Å². The van der Waals surface area contributed by atoms with E-state index < -0.39 is 214 Å². The second-order valence-electron chi connectivity index (χ2n) is 23.0. The number of amides is 5. The molecule has 16 N–H and O–H groups in total. The van der Waals surface area contributed by atoms with Crippen LogP contribution in [0.1, 0.15) is 98.1 Å². The van der Waals surface area contributed by atoms with Gasteiger partial charge in [0.05, 0.1) is 34.5 Å². The number of carbonyl (C=O) groups excluding carboxylic acids is 7. The molecule has 6 aliphatic rings. The predicted octanol–water partition coefficient (Wildman–Crippen LogP) is 2.11. The van der Waals surface area contributed by atoms with Gasteiger partial charge in [0.25, 0.3) is 0 Å². The van der Waals surface area contributed by atoms with Crippen LogP contribution in [0.3, 0.4) is 0 Å². The van der Waals surface area contributed by atoms with E-state index in [1.54, 1.807) is 0 Å². The molecule has 0 spiro atoms. The van der Waals surface area contributed by atoms with E-state index in [-0.39, 0.29) is 51.1 Å². The topological polar surface area (TPSA) is 448 Å². The number of aliphatic hydroxyl groups is 6. The molecule has 0 aliphatic carbocycles. The number of fused-ring (bicyclic) bond motifs is 15. The molecule has 0 radical (unpaired) electrons. The van der Waals surface area contributed by atoms with Crippen LogP contribution in [0.25, 0.3) is 11.1 Å². The Morgan fingerprint density at radius 2 is 1.33 bits per heavy atom. The molecule has 1 saturated heterocycles. The number of aliphatic carboxylic acids is 1. The zero-order chi connectivity index (χ0) is 66.9. The summed E-state index contributed by atoms with van der Waals surface area (Å²) in [6.45, 7) is 3.23. The van der Waals surface area contributed by atoms with Crippen LogP contribution in [0, 0.1) is 11.8 Å². The van der Waals surface area contributed by atoms with Crippen molar-refractivity contribution in [2.75, 3.05) is 20.2 Å². The van der Waals surface area contributed by atoms with Crippen LogP contribution < -0.4 is 46.1 Å². The summed E-state index contributed by atoms with van der Waals surface area (Å²) in [6.07, 6.45) is -15.5. The first-order valence-corrected chi connectivity index (χ1v) is 29.6. The zero-order valence-electron chi connectivity index (χ0n) is 49.3. The van der Waals surface area contributed by atoms with E-state index in [1.807, 2.05) is 13.8 Å². The highest BCUT2D eigenvalue weighted by atomic mass is 35.5. The van der Waals surface area contributed by atoms with Crippen LogP contribution in [0.4, 0.5) is 0 Å². The monoisotopic (exact) mass is 1320 g/mol. The summed E-state index contributed by atoms with van der Waals surface area (Å²) in [7, 11) is 1.51. The maximum Gasteiger partial charge on any atom is 0.330 e. The van der Waals surface area contributed by atoms with Crippen LogP contribution >= 0.6 is 23.2 Å². The average molecular weight is 1320 g/mol. The van der Waals surface area contributed by atoms with Crippen molar-refractivity contribution in [1.82, 2.24) is 31.9 Å². The van der Waals surface area contributed by atoms with Crippen molar-refractivity contribution in [3.05, 3.63) is 117 Å². The smallest absolute Gasteiger partial charge is 0.330 e. The number of benzene rings is 5. The number of carbonyl (C=O) groups is 8. The molecule has 1 fully saturated rings. The number of aliphatic hydroxyl groups excluding tert-OH is 6. The molecule has 11 rings (SSSR count). The lowest BCUT2D eigenvalue weighted by molar-refractivity contribution is -0.277. The quantitative estimate of drug-likeness (QED) is 0.0900. The Balaban J connectivity index is 1.32. The van der Waals surface area contributed by atoms with E-state index >= 15 is 14.4 Å². The molecule has 92 heavy (non-hydrogen) atoms. The van der Waals surface area contributed by atoms with Gasteiger partial charge < -0.3 is 102 Å². The SMILES string of the molecule is CN[C@H](CC(C)C)C(=O)N[C@H]1C(=O)C[C@@H](CNC(C)=O)C(=O)N[C@H]2C(=O)C[C@H]3C(=O)N[C@@H](C(=O)N[C@H](C(=O)O)c4cc(O)cc(O)c4-c4cc3ccc4O)[C@H](O)c3ccc(c(Cl)c3)Oc3cc2cc(c3OC2OC(CO)C(O)C(O)C2O)Oc2ccc(cc2Cl)[C@H]1O. The van der Waals surface area contributed by atoms with Crippen molar-refractivity contribution in [2.24, 2.45) is 11.8 Å². The van der Waals surface area contributed by atoms with Gasteiger partial charge in [-0.05, 0) is 96.2 Å². The lowest BCUT2D eigenvalue weighted by Gasteiger charge is -2.39. The van der Waals surface area contributed by atoms with Gasteiger partial charge in [-0.1, -0.05) is 55.2 Å². The summed E-state index contributed by atoms with van der Waals surface area (Å²) in [5, 5.41) is 127. The zero-order valence-corrected chi connectivity index (χ0v) is 50.8. The molecule has 0 aromatic heterocycles. The summed E-state index contributed by atoms with van der Waals surface area (Å²) >= 11 is 13.9. The largest absolute Gasteiger partial charge is 0.508 e. The van der Waals surface area contributed by atoms with Gasteiger partial charge >= 0.3 is 5.97 Å². The van der Waals surface area contributed by atoms with Gasteiger partial charge in [0.15, 0.2) is 29.1 Å². The number of halogens is 2. The van der Waals surface area contributed by atoms with Crippen molar-refractivity contribution in [1.29, 1.82) is 0 Å². The number of nitrogens with one attached hydrogen (secondary N) is 6. The molecule has 0 saturated carbocycles. The Bertz CT molecular complexity index is 3740. The summed E-state index contributed by atoms with van der Waals surface area (Å²) < 4.78 is 25.0. The fraction of sp³-hybridized carbons (Fsp3) is 0.387. The third-order valence-electron chi connectivity index (χ3n) is 16.1. The van der Waals surface area contributed by atoms with Crippen molar-refractivity contribution in [2.45, 2.75) is 119 Å². The number of rotatable bonds is 11. The lowest BCUT2D eigenvalue weighted by atomic mass is 9.84. The minimum Gasteiger partial charge on any atom is -0.508 e. The standard InChI is InChI=1S/C62H66Cl2N6O22/c1-23(2)11-36(65-4)59(85)69-49-39(76)15-29(21-66-24(3)72)57(83)67-47-28-16-43(89-41-9-6-26(51(49)78)13-34(41)63)56(92-62-55(82)54(81)53(80)45(22-71)91-62)44(17-28)90-42-10-7-27(14-35(42)64)52(79)50-60(86)68-48(61(87)88)33-18-30(73)19-38(75)46(33)32-12-25(5-8-37(32)74)31(20-40(47)77)58(84)70-50/h5-10,12-14,16-19,23,29,31,36,45,47-55,62,65,71,73-75,78-82H,11,15,20-22H2,1-4H3,(H,66,72)(H,67,83)(H,68,86)(H,69,85)(H,70,84)(H,87,88)/t29-,31+,36+,45?,47+,48-,49-,50+,51+,52+,53?,54?,55?,62?/m0/s1. The lowest BCUT2D eigenvalue weighted by Crippen LogP contribution is -2.60. The molecule has 11 bridgehead atoms. The second-order valence-corrected chi connectivity index (χ2v) is 23.8. The van der Waals surface area contributed by atoms with Crippen LogP contribution in [0.5, 0.6) is 46.0 Å². The Kier molecular flexibility index (Phi) is 20.6. The number of carboxylic acids is 1. The highest BCUT2D eigenvalue weighted by molar-refractivity contribution is 6.32. The Morgan fingerprint density at radius 3 is 1.91 bits per heavy atom.